The van der Waals surface area contributed by atoms with Crippen LogP contribution in [0.3, 0.4) is 0 Å². The lowest BCUT2D eigenvalue weighted by molar-refractivity contribution is -0.869. The molecule has 3 aliphatic heterocycles. The molecule has 1 saturated heterocycles. The Balaban J connectivity index is 1.91. The second-order valence-corrected chi connectivity index (χ2v) is 7.49. The van der Waals surface area contributed by atoms with Gasteiger partial charge in [0.15, 0.2) is 5.41 Å². The Morgan fingerprint density at radius 2 is 2.12 bits per heavy atom. The molecular formula is C17H18N4O4S. The van der Waals surface area contributed by atoms with E-state index in [1.54, 1.807) is 6.07 Å². The fourth-order valence-corrected chi connectivity index (χ4v) is 4.80. The number of hydrogen-bond donors (Lipinski definition) is 2. The van der Waals surface area contributed by atoms with Gasteiger partial charge in [-0.25, -0.2) is 4.99 Å². The first kappa shape index (κ1) is 17.0. The molecule has 0 aromatic heterocycles. The Bertz CT molecular complexity index is 855. The second-order valence-electron chi connectivity index (χ2n) is 7.10. The maximum Gasteiger partial charge on any atom is 0.270 e. The highest BCUT2D eigenvalue weighted by Crippen LogP contribution is 2.40. The Kier molecular flexibility index (Phi) is 4.00. The number of benzene rings is 1. The van der Waals surface area contributed by atoms with Crippen molar-refractivity contribution in [3.8, 4) is 0 Å². The summed E-state index contributed by atoms with van der Waals surface area (Å²) in [6.45, 7) is 0.780. The molecule has 0 aliphatic carbocycles. The Hall–Kier alpha value is -2.39. The Labute approximate surface area is 155 Å². The summed E-state index contributed by atoms with van der Waals surface area (Å²) in [7, 11) is 0. The van der Waals surface area contributed by atoms with Crippen LogP contribution in [-0.4, -0.2) is 34.5 Å². The number of amides is 2. The zero-order valence-electron chi connectivity index (χ0n) is 14.0. The average molecular weight is 374 g/mol. The molecular weight excluding hydrogens is 356 g/mol. The van der Waals surface area contributed by atoms with Crippen LogP contribution >= 0.6 is 0 Å². The fourth-order valence-electron chi connectivity index (χ4n) is 4.62. The third-order valence-corrected chi connectivity index (χ3v) is 5.97. The van der Waals surface area contributed by atoms with Crippen molar-refractivity contribution in [2.75, 3.05) is 6.54 Å². The number of nitro benzene ring substituents is 1. The standard InChI is InChI=1S/C17H18N4O4S/c22-14-17(15(23)19-16(26)18-14)9-10-8-11(21(24)25)5-6-12(10)20-7-3-1-2-4-13(17)20/h5-6,8,13H,1-4,7,9H2,(H2,18,19,22,23,26). The number of aliphatic imine (C=N–C) groups is 1. The topological polar surface area (TPSA) is 106 Å². The molecule has 26 heavy (non-hydrogen) atoms. The number of carbonyl (C=O) groups is 2. The van der Waals surface area contributed by atoms with Crippen LogP contribution < -0.4 is 10.2 Å². The molecule has 4 rings (SSSR count). The molecule has 0 bridgehead atoms. The largest absolute Gasteiger partial charge is 0.742 e. The molecule has 2 amide bonds. The van der Waals surface area contributed by atoms with Gasteiger partial charge in [-0.15, -0.1) is 0 Å². The number of hydrogen-bond acceptors (Lipinski definition) is 5. The lowest BCUT2D eigenvalue weighted by atomic mass is 9.68. The third-order valence-electron chi connectivity index (χ3n) is 5.78. The number of amidine groups is 1. The number of carbonyl (C=O) groups excluding carboxylic acids is 2. The summed E-state index contributed by atoms with van der Waals surface area (Å²) in [5, 5.41) is 13.6. The maximum absolute atomic E-state index is 13.0. The quantitative estimate of drug-likeness (QED) is 0.315. The van der Waals surface area contributed by atoms with E-state index >= 15 is 0 Å². The second kappa shape index (κ2) is 6.10. The molecule has 1 fully saturated rings. The van der Waals surface area contributed by atoms with Crippen molar-refractivity contribution in [3.63, 3.8) is 0 Å². The Morgan fingerprint density at radius 1 is 1.31 bits per heavy atom. The molecule has 1 aromatic carbocycles. The third kappa shape index (κ3) is 2.42. The number of nitrogens with zero attached hydrogens (tertiary/aromatic N) is 2. The van der Waals surface area contributed by atoms with Crippen LogP contribution in [0.25, 0.3) is 0 Å². The van der Waals surface area contributed by atoms with Gasteiger partial charge >= 0.3 is 0 Å². The highest BCUT2D eigenvalue weighted by Gasteiger charge is 2.61. The number of fused-ring (bicyclic) bond motifs is 4. The van der Waals surface area contributed by atoms with Crippen LogP contribution in [0.15, 0.2) is 23.2 Å². The molecule has 3 heterocycles. The summed E-state index contributed by atoms with van der Waals surface area (Å²) in [6.07, 6.45) is 3.79. The first-order valence-electron chi connectivity index (χ1n) is 8.68. The molecule has 1 aromatic rings. The molecule has 0 saturated carbocycles. The van der Waals surface area contributed by atoms with Crippen LogP contribution in [0.2, 0.25) is 0 Å². The highest BCUT2D eigenvalue weighted by molar-refractivity contribution is 7.77. The predicted molar refractivity (Wildman–Crippen MR) is 94.9 cm³/mol. The summed E-state index contributed by atoms with van der Waals surface area (Å²) in [6, 6.07) is 4.51. The summed E-state index contributed by atoms with van der Waals surface area (Å²) in [5.74, 6) is -0.947. The van der Waals surface area contributed by atoms with Crippen molar-refractivity contribution < 1.29 is 19.4 Å². The van der Waals surface area contributed by atoms with Gasteiger partial charge in [-0.05, 0) is 24.4 Å². The summed E-state index contributed by atoms with van der Waals surface area (Å²) in [5.41, 5.74) is 0.230. The zero-order valence-corrected chi connectivity index (χ0v) is 14.8. The van der Waals surface area contributed by atoms with Gasteiger partial charge in [0.2, 0.25) is 5.91 Å². The average Bonchev–Trinajstić information content (AvgIpc) is 2.85. The molecule has 3 aliphatic rings. The lowest BCUT2D eigenvalue weighted by Gasteiger charge is -2.45. The Morgan fingerprint density at radius 3 is 2.85 bits per heavy atom. The van der Waals surface area contributed by atoms with Crippen molar-refractivity contribution in [1.29, 1.82) is 0 Å². The number of non-ortho nitro benzene ring substituents is 1. The van der Waals surface area contributed by atoms with Crippen LogP contribution in [0.5, 0.6) is 0 Å². The van der Waals surface area contributed by atoms with E-state index in [-0.39, 0.29) is 23.3 Å². The minimum Gasteiger partial charge on any atom is -0.742 e. The van der Waals surface area contributed by atoms with Gasteiger partial charge in [0.1, 0.15) is 11.7 Å². The van der Waals surface area contributed by atoms with Crippen LogP contribution in [-0.2, 0) is 28.6 Å². The highest BCUT2D eigenvalue weighted by atomic mass is 32.1. The maximum atomic E-state index is 13.0. The molecule has 8 nitrogen and oxygen atoms in total. The van der Waals surface area contributed by atoms with E-state index in [0.29, 0.717) is 5.56 Å². The van der Waals surface area contributed by atoms with Crippen molar-refractivity contribution in [3.05, 3.63) is 33.9 Å². The lowest BCUT2D eigenvalue weighted by Crippen LogP contribution is -3.15. The first-order chi connectivity index (χ1) is 12.4. The van der Waals surface area contributed by atoms with E-state index < -0.39 is 22.2 Å². The molecule has 9 heteroatoms. The zero-order chi connectivity index (χ0) is 18.5. The van der Waals surface area contributed by atoms with Crippen molar-refractivity contribution in [1.82, 2.24) is 5.32 Å². The number of rotatable bonds is 1. The van der Waals surface area contributed by atoms with E-state index in [1.807, 2.05) is 0 Å². The van der Waals surface area contributed by atoms with Crippen molar-refractivity contribution >= 4 is 41.0 Å². The first-order valence-corrected chi connectivity index (χ1v) is 9.09. The van der Waals surface area contributed by atoms with E-state index in [2.05, 4.69) is 10.3 Å². The molecule has 3 atom stereocenters. The molecule has 1 spiro atoms. The van der Waals surface area contributed by atoms with Crippen molar-refractivity contribution in [2.24, 2.45) is 10.4 Å². The van der Waals surface area contributed by atoms with Gasteiger partial charge in [-0.1, -0.05) is 0 Å². The van der Waals surface area contributed by atoms with E-state index in [1.165, 1.54) is 12.1 Å². The molecule has 136 valence electrons. The van der Waals surface area contributed by atoms with Gasteiger partial charge in [-0.3, -0.25) is 24.6 Å². The molecule has 0 radical (unpaired) electrons. The summed E-state index contributed by atoms with van der Waals surface area (Å²) >= 11 is 4.90. The van der Waals surface area contributed by atoms with E-state index in [0.717, 1.165) is 42.8 Å². The molecule has 3 unspecified atom stereocenters. The smallest absolute Gasteiger partial charge is 0.270 e. The van der Waals surface area contributed by atoms with E-state index in [9.17, 15) is 19.7 Å². The van der Waals surface area contributed by atoms with Gasteiger partial charge < -0.3 is 17.9 Å². The van der Waals surface area contributed by atoms with Gasteiger partial charge in [0.05, 0.1) is 11.5 Å². The monoisotopic (exact) mass is 374 g/mol. The van der Waals surface area contributed by atoms with Gasteiger partial charge in [0, 0.05) is 36.6 Å². The number of nitro groups is 1. The number of nitrogens with one attached hydrogen (secondary N) is 2. The van der Waals surface area contributed by atoms with E-state index in [4.69, 9.17) is 12.6 Å². The minimum absolute atomic E-state index is 0.0392. The van der Waals surface area contributed by atoms with Crippen LogP contribution in [0.4, 0.5) is 11.4 Å². The van der Waals surface area contributed by atoms with Gasteiger partial charge in [-0.2, -0.15) is 0 Å². The SMILES string of the molecule is O=C1N=C([S-])NC(=O)C12Cc1cc([N+](=O)[O-])ccc1[NH+]1CCCCCC12. The van der Waals surface area contributed by atoms with Crippen molar-refractivity contribution in [2.45, 2.75) is 38.1 Å². The normalized spacial score (nSPS) is 30.7. The predicted octanol–water partition coefficient (Wildman–Crippen LogP) is 0.156. The van der Waals surface area contributed by atoms with Crippen LogP contribution in [0, 0.1) is 15.5 Å². The molecule has 2 N–H and O–H groups in total. The van der Waals surface area contributed by atoms with Crippen LogP contribution in [0.1, 0.15) is 31.2 Å². The summed E-state index contributed by atoms with van der Waals surface area (Å²) in [4.78, 5) is 41.5. The number of quaternary nitrogens is 1. The summed E-state index contributed by atoms with van der Waals surface area (Å²) < 4.78 is 0. The van der Waals surface area contributed by atoms with Gasteiger partial charge in [0.25, 0.3) is 11.6 Å². The fraction of sp³-hybridized carbons (Fsp3) is 0.471. The minimum atomic E-state index is -1.34.